The Morgan fingerprint density at radius 2 is 2.31 bits per heavy atom. The Labute approximate surface area is 104 Å². The number of fused-ring (bicyclic) bond motifs is 1. The van der Waals surface area contributed by atoms with Crippen molar-refractivity contribution in [3.63, 3.8) is 0 Å². The van der Waals surface area contributed by atoms with E-state index in [0.717, 1.165) is 20.9 Å². The first-order valence-electron chi connectivity index (χ1n) is 5.32. The van der Waals surface area contributed by atoms with E-state index in [1.807, 2.05) is 10.6 Å². The summed E-state index contributed by atoms with van der Waals surface area (Å²) in [5, 5.41) is 0. The number of rotatable bonds is 2. The van der Waals surface area contributed by atoms with Gasteiger partial charge in [0.2, 0.25) is 0 Å². The molecule has 0 saturated carbocycles. The summed E-state index contributed by atoms with van der Waals surface area (Å²) in [5.74, 6) is 0.693. The molecule has 1 aliphatic rings. The monoisotopic (exact) mass is 291 g/mol. The Morgan fingerprint density at radius 3 is 3.00 bits per heavy atom. The topological polar surface area (TPSA) is 22.0 Å². The predicted molar refractivity (Wildman–Crippen MR) is 82.0 cm³/mol. The number of hydrogen-bond donors (Lipinski definition) is 0. The predicted octanol–water partition coefficient (Wildman–Crippen LogP) is 3.06. The summed E-state index contributed by atoms with van der Waals surface area (Å²) >= 11 is 0. The summed E-state index contributed by atoms with van der Waals surface area (Å²) in [6, 6.07) is 5.63. The van der Waals surface area contributed by atoms with Crippen molar-refractivity contribution in [1.29, 1.82) is 0 Å². The zero-order chi connectivity index (χ0) is 11.7. The van der Waals surface area contributed by atoms with Crippen LogP contribution < -0.4 is 5.56 Å². The maximum absolute atomic E-state index is 11.8. The first-order valence-corrected chi connectivity index (χ1v) is 12.0. The van der Waals surface area contributed by atoms with E-state index in [2.05, 4.69) is 30.8 Å². The van der Waals surface area contributed by atoms with Crippen molar-refractivity contribution in [3.05, 3.63) is 34.2 Å². The van der Waals surface area contributed by atoms with Crippen molar-refractivity contribution >= 4 is 33.1 Å². The average molecular weight is 291 g/mol. The van der Waals surface area contributed by atoms with Gasteiger partial charge >= 0.3 is 0 Å². The minimum absolute atomic E-state index is 0.0250. The van der Waals surface area contributed by atoms with E-state index in [1.54, 1.807) is 6.07 Å². The van der Waals surface area contributed by atoms with Gasteiger partial charge in [0.05, 0.1) is 0 Å². The lowest BCUT2D eigenvalue weighted by molar-refractivity contribution is 0.417. The zero-order valence-electron chi connectivity index (χ0n) is 9.26. The second-order valence-corrected chi connectivity index (χ2v) is 13.9. The van der Waals surface area contributed by atoms with Crippen molar-refractivity contribution in [2.45, 2.75) is 25.5 Å². The average Bonchev–Trinajstić information content (AvgIpc) is 2.28. The Balaban J connectivity index is 2.33. The Bertz CT molecular complexity index is 433. The Kier molecular flexibility index (Phi) is 4.54. The van der Waals surface area contributed by atoms with Crippen LogP contribution >= 0.6 is 33.1 Å². The largest absolute Gasteiger partial charge is 0.312 e. The molecule has 0 radical (unpaired) electrons. The summed E-state index contributed by atoms with van der Waals surface area (Å²) < 4.78 is 1.97. The second kappa shape index (κ2) is 5.54. The van der Waals surface area contributed by atoms with Gasteiger partial charge in [-0.05, 0) is 18.4 Å². The fourth-order valence-corrected chi connectivity index (χ4v) is 7.89. The van der Waals surface area contributed by atoms with Gasteiger partial charge in [-0.25, -0.2) is 0 Å². The summed E-state index contributed by atoms with van der Waals surface area (Å²) in [6.07, 6.45) is 1.04. The maximum Gasteiger partial charge on any atom is 0.250 e. The van der Waals surface area contributed by atoms with Gasteiger partial charge in [-0.15, -0.1) is 17.9 Å². The van der Waals surface area contributed by atoms with Crippen LogP contribution in [0.1, 0.15) is 12.6 Å². The summed E-state index contributed by atoms with van der Waals surface area (Å²) in [6.45, 7) is 3.22. The molecule has 1 aromatic heterocycles. The molecule has 6 atom stereocenters. The number of aromatic nitrogens is 1. The highest BCUT2D eigenvalue weighted by Crippen LogP contribution is 2.70. The van der Waals surface area contributed by atoms with Crippen molar-refractivity contribution in [2.24, 2.45) is 5.92 Å². The molecule has 88 valence electrons. The summed E-state index contributed by atoms with van der Waals surface area (Å²) in [4.78, 5) is 11.8. The van der Waals surface area contributed by atoms with E-state index >= 15 is 0 Å². The van der Waals surface area contributed by atoms with E-state index < -0.39 is 0 Å². The normalized spacial score (nSPS) is 26.9. The molecule has 1 aliphatic heterocycles. The van der Waals surface area contributed by atoms with Crippen molar-refractivity contribution in [2.75, 3.05) is 0 Å². The van der Waals surface area contributed by atoms with Crippen LogP contribution in [-0.2, 0) is 13.0 Å². The van der Waals surface area contributed by atoms with Crippen LogP contribution in [0.3, 0.4) is 0 Å². The highest BCUT2D eigenvalue weighted by molar-refractivity contribution is 8.61. The molecule has 0 aliphatic carbocycles. The molecule has 0 saturated heterocycles. The molecular weight excluding hydrogens is 274 g/mol. The molecule has 1 aromatic rings. The molecule has 2 rings (SSSR count). The van der Waals surface area contributed by atoms with Gasteiger partial charge in [-0.1, -0.05) is 28.2 Å². The lowest BCUT2D eigenvalue weighted by atomic mass is 9.96. The first kappa shape index (κ1) is 13.1. The van der Waals surface area contributed by atoms with Crippen LogP contribution in [0.5, 0.6) is 0 Å². The summed E-state index contributed by atoms with van der Waals surface area (Å²) in [5.41, 5.74) is 2.04. The fraction of sp³-hybridized carbons (Fsp3) is 0.500. The molecule has 6 heteroatoms. The van der Waals surface area contributed by atoms with E-state index in [9.17, 15) is 4.79 Å². The quantitative estimate of drug-likeness (QED) is 0.768. The van der Waals surface area contributed by atoms with Gasteiger partial charge in [0, 0.05) is 24.0 Å². The number of hydrogen-bond acceptors (Lipinski definition) is 1. The highest BCUT2D eigenvalue weighted by Gasteiger charge is 2.29. The summed E-state index contributed by atoms with van der Waals surface area (Å²) in [7, 11) is 6.74. The number of nitrogens with zero attached hydrogens (tertiary/aromatic N) is 1. The van der Waals surface area contributed by atoms with Gasteiger partial charge in [0.25, 0.3) is 5.56 Å². The standard InChI is InChI=1S/C10H17NOP4/c1-7-5-8-3-2-4-10(12)11(8)6-9(7)16(14)15-13/h2-4,7,9,15H,5-6,13-14H2,1H3/t7-,9+,16?/m0/s1. The van der Waals surface area contributed by atoms with Crippen molar-refractivity contribution in [3.8, 4) is 0 Å². The molecule has 16 heavy (non-hydrogen) atoms. The molecule has 4 unspecified atom stereocenters. The highest BCUT2D eigenvalue weighted by atomic mass is 32.6. The molecule has 0 amide bonds. The first-order chi connectivity index (χ1) is 7.63. The molecule has 2 heterocycles. The lowest BCUT2D eigenvalue weighted by Gasteiger charge is -2.35. The van der Waals surface area contributed by atoms with Crippen LogP contribution in [0, 0.1) is 5.92 Å². The van der Waals surface area contributed by atoms with Gasteiger partial charge in [-0.2, -0.15) is 0 Å². The van der Waals surface area contributed by atoms with Crippen molar-refractivity contribution < 1.29 is 0 Å². The van der Waals surface area contributed by atoms with Gasteiger partial charge in [-0.3, -0.25) is 4.79 Å². The molecule has 0 fully saturated rings. The second-order valence-electron chi connectivity index (χ2n) is 4.25. The third-order valence-electron chi connectivity index (χ3n) is 3.20. The van der Waals surface area contributed by atoms with Crippen LogP contribution in [0.2, 0.25) is 0 Å². The molecule has 0 bridgehead atoms. The molecule has 0 N–H and O–H groups in total. The number of pyridine rings is 1. The zero-order valence-corrected chi connectivity index (χ0v) is 13.5. The van der Waals surface area contributed by atoms with Crippen LogP contribution in [-0.4, -0.2) is 10.2 Å². The minimum atomic E-state index is -0.0250. The molecule has 0 aromatic carbocycles. The smallest absolute Gasteiger partial charge is 0.250 e. The third kappa shape index (κ3) is 2.57. The van der Waals surface area contributed by atoms with Gasteiger partial charge in [0.15, 0.2) is 0 Å². The minimum Gasteiger partial charge on any atom is -0.312 e. The van der Waals surface area contributed by atoms with E-state index in [-0.39, 0.29) is 12.9 Å². The Morgan fingerprint density at radius 1 is 1.56 bits per heavy atom. The van der Waals surface area contributed by atoms with Crippen LogP contribution in [0.25, 0.3) is 0 Å². The van der Waals surface area contributed by atoms with Gasteiger partial charge < -0.3 is 4.57 Å². The van der Waals surface area contributed by atoms with E-state index in [1.165, 1.54) is 5.69 Å². The van der Waals surface area contributed by atoms with E-state index in [4.69, 9.17) is 0 Å². The van der Waals surface area contributed by atoms with E-state index in [0.29, 0.717) is 11.6 Å². The van der Waals surface area contributed by atoms with Crippen LogP contribution in [0.15, 0.2) is 23.0 Å². The molecular formula is C10H17NOP4. The third-order valence-corrected chi connectivity index (χ3v) is 14.6. The fourth-order valence-electron chi connectivity index (χ4n) is 2.24. The molecule has 0 spiro atoms. The van der Waals surface area contributed by atoms with Crippen LogP contribution in [0.4, 0.5) is 0 Å². The molecule has 2 nitrogen and oxygen atoms in total. The SMILES string of the molecule is C[C@H]1Cc2cccc(=O)n2C[C@H]1P(P)PP. The lowest BCUT2D eigenvalue weighted by Crippen LogP contribution is -2.36. The Hall–Kier alpha value is 0.670. The maximum atomic E-state index is 11.8. The van der Waals surface area contributed by atoms with Gasteiger partial charge in [0.1, 0.15) is 0 Å². The van der Waals surface area contributed by atoms with Crippen molar-refractivity contribution in [1.82, 2.24) is 4.57 Å².